The average Bonchev–Trinajstić information content (AvgIpc) is 2.49. The number of aryl methyl sites for hydroxylation is 1. The first-order chi connectivity index (χ1) is 7.29. The Morgan fingerprint density at radius 3 is 2.62 bits per heavy atom. The lowest BCUT2D eigenvalue weighted by molar-refractivity contribution is -0.153. The molecule has 1 rings (SSSR count). The minimum Gasteiger partial charge on any atom is -0.459 e. The Balaban J connectivity index is 2.56. The fraction of sp³-hybridized carbons (Fsp3) is 0.700. The van der Waals surface area contributed by atoms with Gasteiger partial charge in [-0.3, -0.25) is 4.79 Å². The van der Waals surface area contributed by atoms with Crippen LogP contribution < -0.4 is 0 Å². The van der Waals surface area contributed by atoms with Crippen LogP contribution in [-0.4, -0.2) is 31.6 Å². The summed E-state index contributed by atoms with van der Waals surface area (Å²) in [4.78, 5) is 11.7. The standard InChI is InChI=1S/C10H17N3O2S/c1-7(8(14)15-10(2,3)4)16-9-12-11-6-13(9)5/h6-7H,1-5H3. The van der Waals surface area contributed by atoms with Crippen LogP contribution in [0.4, 0.5) is 0 Å². The van der Waals surface area contributed by atoms with Crippen molar-refractivity contribution in [3.63, 3.8) is 0 Å². The van der Waals surface area contributed by atoms with E-state index in [9.17, 15) is 4.79 Å². The largest absolute Gasteiger partial charge is 0.459 e. The Morgan fingerprint density at radius 1 is 1.56 bits per heavy atom. The predicted molar refractivity (Wildman–Crippen MR) is 62.2 cm³/mol. The van der Waals surface area contributed by atoms with Gasteiger partial charge >= 0.3 is 5.97 Å². The lowest BCUT2D eigenvalue weighted by Crippen LogP contribution is -2.29. The zero-order chi connectivity index (χ0) is 12.3. The molecule has 1 aromatic rings. The summed E-state index contributed by atoms with van der Waals surface area (Å²) in [7, 11) is 1.84. The first-order valence-corrected chi connectivity index (χ1v) is 5.91. The van der Waals surface area contributed by atoms with Crippen LogP contribution in [0.25, 0.3) is 0 Å². The van der Waals surface area contributed by atoms with E-state index in [2.05, 4.69) is 10.2 Å². The lowest BCUT2D eigenvalue weighted by Gasteiger charge is -2.21. The first kappa shape index (κ1) is 13.0. The van der Waals surface area contributed by atoms with Crippen molar-refractivity contribution in [3.05, 3.63) is 6.33 Å². The van der Waals surface area contributed by atoms with Crippen molar-refractivity contribution in [1.29, 1.82) is 0 Å². The third-order valence-electron chi connectivity index (χ3n) is 1.69. The van der Waals surface area contributed by atoms with Gasteiger partial charge in [0, 0.05) is 7.05 Å². The maximum Gasteiger partial charge on any atom is 0.319 e. The molecule has 1 unspecified atom stereocenters. The van der Waals surface area contributed by atoms with Crippen molar-refractivity contribution in [3.8, 4) is 0 Å². The molecule has 0 aliphatic rings. The van der Waals surface area contributed by atoms with Crippen LogP contribution in [0.5, 0.6) is 0 Å². The number of hydrogen-bond acceptors (Lipinski definition) is 5. The van der Waals surface area contributed by atoms with E-state index < -0.39 is 5.60 Å². The minimum absolute atomic E-state index is 0.236. The Hall–Kier alpha value is -1.04. The molecule has 6 heteroatoms. The summed E-state index contributed by atoms with van der Waals surface area (Å²) in [6.45, 7) is 7.35. The number of carbonyl (C=O) groups excluding carboxylic acids is 1. The van der Waals surface area contributed by atoms with Gasteiger partial charge < -0.3 is 9.30 Å². The van der Waals surface area contributed by atoms with Crippen LogP contribution in [-0.2, 0) is 16.6 Å². The number of carbonyl (C=O) groups is 1. The van der Waals surface area contributed by atoms with E-state index in [0.717, 1.165) is 0 Å². The van der Waals surface area contributed by atoms with Crippen LogP contribution >= 0.6 is 11.8 Å². The fourth-order valence-electron chi connectivity index (χ4n) is 0.970. The van der Waals surface area contributed by atoms with Gasteiger partial charge in [0.2, 0.25) is 0 Å². The average molecular weight is 243 g/mol. The molecule has 0 N–H and O–H groups in total. The molecular weight excluding hydrogens is 226 g/mol. The Kier molecular flexibility index (Phi) is 3.96. The molecule has 90 valence electrons. The molecule has 16 heavy (non-hydrogen) atoms. The van der Waals surface area contributed by atoms with Gasteiger partial charge in [-0.05, 0) is 27.7 Å². The molecule has 0 bridgehead atoms. The number of hydrogen-bond donors (Lipinski definition) is 0. The number of nitrogens with zero attached hydrogens (tertiary/aromatic N) is 3. The third-order valence-corrected chi connectivity index (χ3v) is 2.82. The van der Waals surface area contributed by atoms with Gasteiger partial charge in [-0.1, -0.05) is 11.8 Å². The van der Waals surface area contributed by atoms with E-state index >= 15 is 0 Å². The van der Waals surface area contributed by atoms with Gasteiger partial charge in [-0.15, -0.1) is 10.2 Å². The van der Waals surface area contributed by atoms with Gasteiger partial charge in [0.05, 0.1) is 0 Å². The molecular formula is C10H17N3O2S. The summed E-state index contributed by atoms with van der Waals surface area (Å²) < 4.78 is 7.04. The molecule has 0 aromatic carbocycles. The van der Waals surface area contributed by atoms with Crippen molar-refractivity contribution in [2.45, 2.75) is 43.7 Å². The molecule has 0 aliphatic heterocycles. The molecule has 0 aliphatic carbocycles. The molecule has 0 saturated carbocycles. The Morgan fingerprint density at radius 2 is 2.19 bits per heavy atom. The van der Waals surface area contributed by atoms with E-state index in [4.69, 9.17) is 4.74 Å². The second-order valence-corrected chi connectivity index (χ2v) is 5.83. The zero-order valence-corrected chi connectivity index (χ0v) is 11.0. The summed E-state index contributed by atoms with van der Waals surface area (Å²) in [5.41, 5.74) is -0.453. The van der Waals surface area contributed by atoms with E-state index in [-0.39, 0.29) is 11.2 Å². The molecule has 0 fully saturated rings. The minimum atomic E-state index is -0.453. The van der Waals surface area contributed by atoms with Gasteiger partial charge in [0.15, 0.2) is 5.16 Å². The summed E-state index contributed by atoms with van der Waals surface area (Å²) in [5.74, 6) is -0.236. The molecule has 0 saturated heterocycles. The van der Waals surface area contributed by atoms with Gasteiger partial charge in [-0.2, -0.15) is 0 Å². The molecule has 1 atom stereocenters. The molecule has 1 aromatic heterocycles. The quantitative estimate of drug-likeness (QED) is 0.596. The number of esters is 1. The van der Waals surface area contributed by atoms with Gasteiger partial charge in [-0.25, -0.2) is 0 Å². The van der Waals surface area contributed by atoms with Gasteiger partial charge in [0.1, 0.15) is 17.2 Å². The van der Waals surface area contributed by atoms with Crippen LogP contribution in [0.2, 0.25) is 0 Å². The van der Waals surface area contributed by atoms with E-state index in [1.165, 1.54) is 11.8 Å². The Bertz CT molecular complexity index is 370. The zero-order valence-electron chi connectivity index (χ0n) is 10.2. The van der Waals surface area contributed by atoms with E-state index in [0.29, 0.717) is 5.16 Å². The smallest absolute Gasteiger partial charge is 0.319 e. The van der Waals surface area contributed by atoms with Crippen molar-refractivity contribution < 1.29 is 9.53 Å². The fourth-order valence-corrected chi connectivity index (χ4v) is 1.74. The maximum absolute atomic E-state index is 11.7. The van der Waals surface area contributed by atoms with Crippen molar-refractivity contribution >= 4 is 17.7 Å². The van der Waals surface area contributed by atoms with Gasteiger partial charge in [0.25, 0.3) is 0 Å². The third kappa shape index (κ3) is 3.84. The van der Waals surface area contributed by atoms with Crippen LogP contribution in [0.15, 0.2) is 11.5 Å². The number of thioether (sulfide) groups is 1. The monoisotopic (exact) mass is 243 g/mol. The second-order valence-electron chi connectivity index (χ2n) is 4.52. The van der Waals surface area contributed by atoms with Crippen LogP contribution in [0.1, 0.15) is 27.7 Å². The molecule has 0 radical (unpaired) electrons. The lowest BCUT2D eigenvalue weighted by atomic mass is 10.2. The summed E-state index contributed by atoms with van der Waals surface area (Å²) >= 11 is 1.34. The molecule has 1 heterocycles. The van der Waals surface area contributed by atoms with Crippen molar-refractivity contribution in [2.24, 2.45) is 7.05 Å². The Labute approximate surface area is 99.6 Å². The molecule has 0 spiro atoms. The SMILES string of the molecule is CC(Sc1nncn1C)C(=O)OC(C)(C)C. The summed E-state index contributed by atoms with van der Waals surface area (Å²) in [6.07, 6.45) is 1.60. The highest BCUT2D eigenvalue weighted by atomic mass is 32.2. The normalized spacial score (nSPS) is 13.6. The molecule has 0 amide bonds. The number of ether oxygens (including phenoxy) is 1. The van der Waals surface area contributed by atoms with Crippen LogP contribution in [0.3, 0.4) is 0 Å². The van der Waals surface area contributed by atoms with Crippen LogP contribution in [0, 0.1) is 0 Å². The highest BCUT2D eigenvalue weighted by molar-refractivity contribution is 8.00. The number of rotatable bonds is 3. The summed E-state index contributed by atoms with van der Waals surface area (Å²) in [5, 5.41) is 8.07. The number of aromatic nitrogens is 3. The highest BCUT2D eigenvalue weighted by Gasteiger charge is 2.23. The van der Waals surface area contributed by atoms with E-state index in [1.54, 1.807) is 17.8 Å². The highest BCUT2D eigenvalue weighted by Crippen LogP contribution is 2.22. The van der Waals surface area contributed by atoms with Crippen molar-refractivity contribution in [2.75, 3.05) is 0 Å². The molecule has 5 nitrogen and oxygen atoms in total. The topological polar surface area (TPSA) is 57.0 Å². The summed E-state index contributed by atoms with van der Waals surface area (Å²) in [6, 6.07) is 0. The predicted octanol–water partition coefficient (Wildman–Crippen LogP) is 1.64. The van der Waals surface area contributed by atoms with Crippen molar-refractivity contribution in [1.82, 2.24) is 14.8 Å². The maximum atomic E-state index is 11.7. The van der Waals surface area contributed by atoms with E-state index in [1.807, 2.05) is 27.8 Å². The second kappa shape index (κ2) is 4.86. The first-order valence-electron chi connectivity index (χ1n) is 5.03.